The topological polar surface area (TPSA) is 55.8 Å². The van der Waals surface area contributed by atoms with E-state index in [0.29, 0.717) is 6.61 Å². The molecular formula is C17H24O4. The summed E-state index contributed by atoms with van der Waals surface area (Å²) in [6, 6.07) is 0. The van der Waals surface area contributed by atoms with E-state index in [-0.39, 0.29) is 6.42 Å². The highest BCUT2D eigenvalue weighted by molar-refractivity contribution is 5.73. The van der Waals surface area contributed by atoms with Crippen molar-refractivity contribution in [1.82, 2.24) is 0 Å². The van der Waals surface area contributed by atoms with E-state index in [1.54, 1.807) is 13.8 Å². The van der Waals surface area contributed by atoms with Crippen molar-refractivity contribution in [3.05, 3.63) is 35.5 Å². The Morgan fingerprint density at radius 3 is 2.33 bits per heavy atom. The van der Waals surface area contributed by atoms with Crippen LogP contribution in [0.1, 0.15) is 41.0 Å². The van der Waals surface area contributed by atoms with Crippen molar-refractivity contribution in [2.75, 3.05) is 6.61 Å². The van der Waals surface area contributed by atoms with E-state index in [2.05, 4.69) is 0 Å². The van der Waals surface area contributed by atoms with E-state index in [0.717, 1.165) is 11.1 Å². The summed E-state index contributed by atoms with van der Waals surface area (Å²) in [6.45, 7) is 9.31. The van der Waals surface area contributed by atoms with E-state index in [9.17, 15) is 9.90 Å². The van der Waals surface area contributed by atoms with Crippen molar-refractivity contribution in [2.24, 2.45) is 5.41 Å². The molecule has 1 unspecified atom stereocenters. The number of esters is 1. The van der Waals surface area contributed by atoms with Gasteiger partial charge in [0.15, 0.2) is 0 Å². The van der Waals surface area contributed by atoms with Crippen molar-refractivity contribution < 1.29 is 19.4 Å². The van der Waals surface area contributed by atoms with Crippen molar-refractivity contribution in [2.45, 2.75) is 52.4 Å². The highest BCUT2D eigenvalue weighted by Gasteiger charge is 2.62. The minimum absolute atomic E-state index is 0.180. The van der Waals surface area contributed by atoms with Crippen molar-refractivity contribution in [3.63, 3.8) is 0 Å². The van der Waals surface area contributed by atoms with E-state index in [1.807, 2.05) is 45.1 Å². The molecule has 1 fully saturated rings. The number of hydrogen-bond acceptors (Lipinski definition) is 4. The lowest BCUT2D eigenvalue weighted by Crippen LogP contribution is -2.55. The molecule has 2 aliphatic rings. The van der Waals surface area contributed by atoms with Gasteiger partial charge < -0.3 is 14.6 Å². The average Bonchev–Trinajstić information content (AvgIpc) is 2.93. The molecule has 1 saturated heterocycles. The maximum atomic E-state index is 12.2. The van der Waals surface area contributed by atoms with Gasteiger partial charge in [0.2, 0.25) is 5.79 Å². The number of carbonyl (C=O) groups excluding carboxylic acids is 1. The Balaban J connectivity index is 2.08. The Bertz CT molecular complexity index is 523. The van der Waals surface area contributed by atoms with Crippen LogP contribution in [0.3, 0.4) is 0 Å². The van der Waals surface area contributed by atoms with Gasteiger partial charge in [0.25, 0.3) is 0 Å². The molecule has 0 amide bonds. The van der Waals surface area contributed by atoms with Gasteiger partial charge in [0.1, 0.15) is 5.60 Å². The third kappa shape index (κ3) is 2.70. The van der Waals surface area contributed by atoms with Gasteiger partial charge in [-0.25, -0.2) is 0 Å². The molecule has 21 heavy (non-hydrogen) atoms. The van der Waals surface area contributed by atoms with Crippen LogP contribution in [-0.2, 0) is 14.3 Å². The van der Waals surface area contributed by atoms with Gasteiger partial charge in [0, 0.05) is 12.3 Å². The molecule has 1 aliphatic carbocycles. The fourth-order valence-corrected chi connectivity index (χ4v) is 2.57. The Labute approximate surface area is 126 Å². The summed E-state index contributed by atoms with van der Waals surface area (Å²) in [5, 5.41) is 10.7. The van der Waals surface area contributed by atoms with Gasteiger partial charge in [-0.3, -0.25) is 4.79 Å². The molecule has 116 valence electrons. The van der Waals surface area contributed by atoms with E-state index in [4.69, 9.17) is 9.47 Å². The highest BCUT2D eigenvalue weighted by atomic mass is 16.7. The van der Waals surface area contributed by atoms with Crippen LogP contribution in [0, 0.1) is 5.41 Å². The zero-order valence-electron chi connectivity index (χ0n) is 13.4. The normalized spacial score (nSPS) is 33.5. The minimum Gasteiger partial charge on any atom is -0.430 e. The summed E-state index contributed by atoms with van der Waals surface area (Å²) in [5.74, 6) is -1.71. The van der Waals surface area contributed by atoms with Crippen LogP contribution >= 0.6 is 0 Å². The molecule has 2 atom stereocenters. The molecule has 0 bridgehead atoms. The molecule has 0 aromatic rings. The Morgan fingerprint density at radius 2 is 1.86 bits per heavy atom. The second-order valence-corrected chi connectivity index (χ2v) is 6.80. The Kier molecular flexibility index (Phi) is 3.89. The average molecular weight is 292 g/mol. The first-order chi connectivity index (χ1) is 9.59. The van der Waals surface area contributed by atoms with Gasteiger partial charge in [0.05, 0.1) is 13.0 Å². The predicted octanol–water partition coefficient (Wildman–Crippen LogP) is 2.89. The molecule has 0 saturated carbocycles. The SMILES string of the molecule is CC(CC(=O)OC1(C)OCC(C)(C)[C@]1(C)O)=C1C=CC=C1. The predicted molar refractivity (Wildman–Crippen MR) is 80.5 cm³/mol. The Hall–Kier alpha value is -1.39. The third-order valence-electron chi connectivity index (χ3n) is 4.78. The molecule has 4 nitrogen and oxygen atoms in total. The van der Waals surface area contributed by atoms with Crippen molar-refractivity contribution in [1.29, 1.82) is 0 Å². The summed E-state index contributed by atoms with van der Waals surface area (Å²) >= 11 is 0. The molecule has 1 heterocycles. The van der Waals surface area contributed by atoms with Crippen molar-refractivity contribution in [3.8, 4) is 0 Å². The van der Waals surface area contributed by atoms with E-state index in [1.165, 1.54) is 0 Å². The number of allylic oxidation sites excluding steroid dienone is 5. The summed E-state index contributed by atoms with van der Waals surface area (Å²) in [6.07, 6.45) is 7.95. The second-order valence-electron chi connectivity index (χ2n) is 6.80. The van der Waals surface area contributed by atoms with Gasteiger partial charge in [-0.05, 0) is 19.4 Å². The standard InChI is InChI=1S/C17H24O4/c1-12(13-8-6-7-9-13)10-14(18)21-17(5)16(4,19)15(2,3)11-20-17/h6-9,19H,10-11H2,1-5H3/t16-,17?/m0/s1. The van der Waals surface area contributed by atoms with Crippen LogP contribution < -0.4 is 0 Å². The van der Waals surface area contributed by atoms with Crippen LogP contribution in [-0.4, -0.2) is 29.1 Å². The van der Waals surface area contributed by atoms with Gasteiger partial charge in [-0.1, -0.05) is 43.7 Å². The number of carbonyl (C=O) groups is 1. The smallest absolute Gasteiger partial charge is 0.312 e. The fraction of sp³-hybridized carbons (Fsp3) is 0.588. The zero-order valence-corrected chi connectivity index (χ0v) is 13.4. The third-order valence-corrected chi connectivity index (χ3v) is 4.78. The van der Waals surface area contributed by atoms with Crippen LogP contribution in [0.5, 0.6) is 0 Å². The maximum Gasteiger partial charge on any atom is 0.312 e. The minimum atomic E-state index is -1.32. The van der Waals surface area contributed by atoms with Gasteiger partial charge in [-0.2, -0.15) is 0 Å². The molecule has 0 aromatic heterocycles. The van der Waals surface area contributed by atoms with Crippen LogP contribution in [0.25, 0.3) is 0 Å². The largest absolute Gasteiger partial charge is 0.430 e. The van der Waals surface area contributed by atoms with Crippen LogP contribution in [0.15, 0.2) is 35.5 Å². The summed E-state index contributed by atoms with van der Waals surface area (Å²) < 4.78 is 11.1. The summed E-state index contributed by atoms with van der Waals surface area (Å²) in [5.41, 5.74) is 0.234. The number of aliphatic hydroxyl groups is 1. The lowest BCUT2D eigenvalue weighted by molar-refractivity contribution is -0.261. The summed E-state index contributed by atoms with van der Waals surface area (Å²) in [7, 11) is 0. The zero-order chi connectivity index (χ0) is 15.9. The second kappa shape index (κ2) is 5.11. The lowest BCUT2D eigenvalue weighted by atomic mass is 9.74. The molecule has 4 heteroatoms. The molecule has 0 radical (unpaired) electrons. The quantitative estimate of drug-likeness (QED) is 0.813. The maximum absolute atomic E-state index is 12.2. The number of hydrogen-bond donors (Lipinski definition) is 1. The lowest BCUT2D eigenvalue weighted by Gasteiger charge is -2.40. The van der Waals surface area contributed by atoms with E-state index < -0.39 is 22.8 Å². The van der Waals surface area contributed by atoms with Gasteiger partial charge in [-0.15, -0.1) is 0 Å². The first-order valence-corrected chi connectivity index (χ1v) is 7.22. The highest BCUT2D eigenvalue weighted by Crippen LogP contribution is 2.48. The first-order valence-electron chi connectivity index (χ1n) is 7.22. The Morgan fingerprint density at radius 1 is 1.29 bits per heavy atom. The molecule has 1 N–H and O–H groups in total. The van der Waals surface area contributed by atoms with Crippen molar-refractivity contribution >= 4 is 5.97 Å². The number of rotatable bonds is 3. The fourth-order valence-electron chi connectivity index (χ4n) is 2.57. The number of ether oxygens (including phenoxy) is 2. The molecule has 2 rings (SSSR count). The molecule has 0 spiro atoms. The van der Waals surface area contributed by atoms with Crippen LogP contribution in [0.2, 0.25) is 0 Å². The first kappa shape index (κ1) is 16.0. The van der Waals surface area contributed by atoms with Crippen LogP contribution in [0.4, 0.5) is 0 Å². The van der Waals surface area contributed by atoms with Gasteiger partial charge >= 0.3 is 5.97 Å². The molecule has 1 aliphatic heterocycles. The monoisotopic (exact) mass is 292 g/mol. The molecular weight excluding hydrogens is 268 g/mol. The molecule has 0 aromatic carbocycles. The summed E-state index contributed by atoms with van der Waals surface area (Å²) in [4.78, 5) is 12.2. The van der Waals surface area contributed by atoms with E-state index >= 15 is 0 Å².